The molecule has 3 rings (SSSR count). The zero-order chi connectivity index (χ0) is 27.4. The van der Waals surface area contributed by atoms with Gasteiger partial charge in [-0.3, -0.25) is 0 Å². The van der Waals surface area contributed by atoms with E-state index in [0.717, 1.165) is 22.3 Å². The van der Waals surface area contributed by atoms with Gasteiger partial charge >= 0.3 is 18.0 Å². The minimum atomic E-state index is -2.64. The van der Waals surface area contributed by atoms with Gasteiger partial charge in [-0.25, -0.2) is 14.4 Å². The predicted octanol–water partition coefficient (Wildman–Crippen LogP) is 5.10. The molecule has 0 aromatic heterocycles. The standard InChI is InChI=1S/C28H35NO7Si/c1-7-16-34-26(32)23(24(25(30)31)36-37(5,6)28(2,3)4)29-27(33)35-17-22-20-14-10-8-12-18(20)19-13-9-11-15-21(19)22/h7-15,22-24H,1,16-17H2,2-6H3,(H,29,33)(H,30,31)/t23-,24-/m1/s1. The van der Waals surface area contributed by atoms with Crippen molar-refractivity contribution < 1.29 is 33.4 Å². The van der Waals surface area contributed by atoms with E-state index in [1.165, 1.54) is 6.08 Å². The van der Waals surface area contributed by atoms with E-state index in [2.05, 4.69) is 11.9 Å². The van der Waals surface area contributed by atoms with E-state index in [0.29, 0.717) is 0 Å². The Bertz CT molecular complexity index is 1130. The minimum Gasteiger partial charge on any atom is -0.479 e. The second kappa shape index (κ2) is 11.3. The van der Waals surface area contributed by atoms with Gasteiger partial charge in [0.05, 0.1) is 0 Å². The normalized spacial score (nSPS) is 14.6. The van der Waals surface area contributed by atoms with Gasteiger partial charge in [0, 0.05) is 5.92 Å². The highest BCUT2D eigenvalue weighted by molar-refractivity contribution is 6.74. The number of hydrogen-bond acceptors (Lipinski definition) is 6. The number of carbonyl (C=O) groups is 3. The molecular formula is C28H35NO7Si. The monoisotopic (exact) mass is 525 g/mol. The molecule has 9 heteroatoms. The maximum absolute atomic E-state index is 12.9. The number of ether oxygens (including phenoxy) is 2. The topological polar surface area (TPSA) is 111 Å². The lowest BCUT2D eigenvalue weighted by Crippen LogP contribution is -2.58. The third kappa shape index (κ3) is 6.29. The fourth-order valence-electron chi connectivity index (χ4n) is 4.01. The van der Waals surface area contributed by atoms with Crippen molar-refractivity contribution in [3.05, 3.63) is 72.3 Å². The van der Waals surface area contributed by atoms with Crippen LogP contribution in [0.25, 0.3) is 11.1 Å². The van der Waals surface area contributed by atoms with Gasteiger partial charge < -0.3 is 24.3 Å². The van der Waals surface area contributed by atoms with Crippen molar-refractivity contribution in [3.63, 3.8) is 0 Å². The number of benzene rings is 2. The molecule has 0 aliphatic heterocycles. The molecule has 0 fully saturated rings. The second-order valence-corrected chi connectivity index (χ2v) is 15.3. The summed E-state index contributed by atoms with van der Waals surface area (Å²) in [5.41, 5.74) is 4.21. The molecule has 0 radical (unpaired) electrons. The highest BCUT2D eigenvalue weighted by Gasteiger charge is 2.46. The molecule has 1 aliphatic rings. The predicted molar refractivity (Wildman–Crippen MR) is 143 cm³/mol. The number of rotatable bonds is 10. The summed E-state index contributed by atoms with van der Waals surface area (Å²) in [7, 11) is -2.64. The molecule has 2 aromatic rings. The average Bonchev–Trinajstić information content (AvgIpc) is 3.16. The first-order chi connectivity index (χ1) is 17.4. The zero-order valence-electron chi connectivity index (χ0n) is 21.9. The Balaban J connectivity index is 1.80. The number of carboxylic acids is 1. The molecule has 8 nitrogen and oxygen atoms in total. The van der Waals surface area contributed by atoms with E-state index in [4.69, 9.17) is 13.9 Å². The summed E-state index contributed by atoms with van der Waals surface area (Å²) in [5, 5.41) is 12.0. The Morgan fingerprint density at radius 3 is 2.05 bits per heavy atom. The lowest BCUT2D eigenvalue weighted by Gasteiger charge is -2.39. The van der Waals surface area contributed by atoms with Crippen LogP contribution in [-0.4, -0.2) is 56.8 Å². The molecule has 0 unspecified atom stereocenters. The quantitative estimate of drug-likeness (QED) is 0.252. The van der Waals surface area contributed by atoms with Crippen LogP contribution in [0.2, 0.25) is 18.1 Å². The lowest BCUT2D eigenvalue weighted by molar-refractivity contribution is -0.157. The molecule has 37 heavy (non-hydrogen) atoms. The number of hydrogen-bond donors (Lipinski definition) is 2. The Morgan fingerprint density at radius 1 is 1.03 bits per heavy atom. The first-order valence-electron chi connectivity index (χ1n) is 12.2. The Kier molecular flexibility index (Phi) is 8.60. The smallest absolute Gasteiger partial charge is 0.407 e. The lowest BCUT2D eigenvalue weighted by atomic mass is 9.98. The molecule has 1 aliphatic carbocycles. The summed E-state index contributed by atoms with van der Waals surface area (Å²) in [6.45, 7) is 12.9. The SMILES string of the molecule is C=CCOC(=O)[C@H](NC(=O)OCC1c2ccccc2-c2ccccc21)[C@@H](O[Si](C)(C)C(C)(C)C)C(=O)O. The summed E-state index contributed by atoms with van der Waals surface area (Å²) in [4.78, 5) is 38.0. The van der Waals surface area contributed by atoms with Crippen molar-refractivity contribution in [2.45, 2.75) is 57.0 Å². The second-order valence-electron chi connectivity index (χ2n) is 10.5. The van der Waals surface area contributed by atoms with Crippen molar-refractivity contribution in [1.82, 2.24) is 5.32 Å². The highest BCUT2D eigenvalue weighted by Crippen LogP contribution is 2.44. The summed E-state index contributed by atoms with van der Waals surface area (Å²) in [6, 6.07) is 14.2. The first kappa shape index (κ1) is 28.1. The van der Waals surface area contributed by atoms with Gasteiger partial charge in [-0.15, -0.1) is 0 Å². The highest BCUT2D eigenvalue weighted by atomic mass is 28.4. The van der Waals surface area contributed by atoms with Crippen LogP contribution >= 0.6 is 0 Å². The fraction of sp³-hybridized carbons (Fsp3) is 0.393. The fourth-order valence-corrected chi connectivity index (χ4v) is 5.24. The van der Waals surface area contributed by atoms with Gasteiger partial charge in [-0.1, -0.05) is 82.0 Å². The van der Waals surface area contributed by atoms with Crippen molar-refractivity contribution in [2.24, 2.45) is 0 Å². The maximum Gasteiger partial charge on any atom is 0.407 e. The third-order valence-electron chi connectivity index (χ3n) is 6.99. The van der Waals surface area contributed by atoms with Gasteiger partial charge in [-0.2, -0.15) is 0 Å². The van der Waals surface area contributed by atoms with Crippen LogP contribution in [0.15, 0.2) is 61.2 Å². The molecule has 0 bridgehead atoms. The number of aliphatic carboxylic acids is 1. The van der Waals surface area contributed by atoms with E-state index in [-0.39, 0.29) is 24.2 Å². The van der Waals surface area contributed by atoms with Crippen LogP contribution in [0.1, 0.15) is 37.8 Å². The van der Waals surface area contributed by atoms with Crippen LogP contribution in [0, 0.1) is 0 Å². The van der Waals surface area contributed by atoms with Crippen molar-refractivity contribution in [2.75, 3.05) is 13.2 Å². The van der Waals surface area contributed by atoms with Crippen LogP contribution in [0.4, 0.5) is 4.79 Å². The van der Waals surface area contributed by atoms with Gasteiger partial charge in [0.1, 0.15) is 13.2 Å². The Hall–Kier alpha value is -3.43. The number of amides is 1. The van der Waals surface area contributed by atoms with E-state index >= 15 is 0 Å². The number of carbonyl (C=O) groups excluding carboxylic acids is 2. The number of carboxylic acid groups (broad SMARTS) is 1. The molecule has 198 valence electrons. The van der Waals surface area contributed by atoms with Gasteiger partial charge in [0.2, 0.25) is 0 Å². The van der Waals surface area contributed by atoms with Crippen molar-refractivity contribution in [3.8, 4) is 11.1 Å². The van der Waals surface area contributed by atoms with Crippen LogP contribution in [-0.2, 0) is 23.5 Å². The molecule has 2 aromatic carbocycles. The molecule has 2 atom stereocenters. The molecule has 0 saturated heterocycles. The van der Waals surface area contributed by atoms with Gasteiger partial charge in [-0.05, 0) is 40.4 Å². The summed E-state index contributed by atoms with van der Waals surface area (Å²) < 4.78 is 16.7. The van der Waals surface area contributed by atoms with E-state index in [1.807, 2.05) is 82.4 Å². The van der Waals surface area contributed by atoms with Crippen molar-refractivity contribution >= 4 is 26.3 Å². The summed E-state index contributed by atoms with van der Waals surface area (Å²) in [5.74, 6) is -2.52. The van der Waals surface area contributed by atoms with Crippen LogP contribution in [0.3, 0.4) is 0 Å². The molecule has 0 heterocycles. The molecule has 2 N–H and O–H groups in total. The largest absolute Gasteiger partial charge is 0.479 e. The first-order valence-corrected chi connectivity index (χ1v) is 15.1. The number of esters is 1. The third-order valence-corrected chi connectivity index (χ3v) is 11.4. The van der Waals surface area contributed by atoms with E-state index < -0.39 is 38.5 Å². The Labute approximate surface area is 218 Å². The molecule has 0 spiro atoms. The van der Waals surface area contributed by atoms with Crippen molar-refractivity contribution in [1.29, 1.82) is 0 Å². The van der Waals surface area contributed by atoms with E-state index in [9.17, 15) is 19.5 Å². The van der Waals surface area contributed by atoms with Gasteiger partial charge in [0.25, 0.3) is 0 Å². The molecule has 1 amide bonds. The average molecular weight is 526 g/mol. The number of nitrogens with one attached hydrogen (secondary N) is 1. The molecular weight excluding hydrogens is 490 g/mol. The number of alkyl carbamates (subject to hydrolysis) is 1. The van der Waals surface area contributed by atoms with Gasteiger partial charge in [0.15, 0.2) is 20.5 Å². The summed E-state index contributed by atoms with van der Waals surface area (Å²) in [6.07, 6.45) is -1.24. The van der Waals surface area contributed by atoms with Crippen LogP contribution in [0.5, 0.6) is 0 Å². The summed E-state index contributed by atoms with van der Waals surface area (Å²) >= 11 is 0. The zero-order valence-corrected chi connectivity index (χ0v) is 22.9. The number of fused-ring (bicyclic) bond motifs is 3. The Morgan fingerprint density at radius 2 is 1.57 bits per heavy atom. The molecule has 0 saturated carbocycles. The maximum atomic E-state index is 12.9. The van der Waals surface area contributed by atoms with E-state index in [1.54, 1.807) is 0 Å². The minimum absolute atomic E-state index is 0.00904. The van der Waals surface area contributed by atoms with Crippen LogP contribution < -0.4 is 5.32 Å².